The van der Waals surface area contributed by atoms with Gasteiger partial charge in [0.1, 0.15) is 11.6 Å². The Balaban J connectivity index is 2.70. The minimum absolute atomic E-state index is 0.245. The van der Waals surface area contributed by atoms with E-state index in [-0.39, 0.29) is 12.0 Å². The van der Waals surface area contributed by atoms with Gasteiger partial charge in [-0.25, -0.2) is 4.79 Å². The number of likely N-dealkylation sites (N-methyl/N-ethyl adjacent to an activating group) is 1. The normalized spacial score (nSPS) is 13.3. The van der Waals surface area contributed by atoms with Gasteiger partial charge in [-0.3, -0.25) is 4.68 Å². The first-order chi connectivity index (χ1) is 7.70. The minimum atomic E-state index is -0.462. The van der Waals surface area contributed by atoms with Gasteiger partial charge in [-0.2, -0.15) is 5.10 Å². The van der Waals surface area contributed by atoms with Gasteiger partial charge in [0.2, 0.25) is 0 Å². The van der Waals surface area contributed by atoms with E-state index in [1.807, 2.05) is 54.1 Å². The first-order valence-corrected chi connectivity index (χ1v) is 5.66. The van der Waals surface area contributed by atoms with Crippen molar-refractivity contribution in [3.8, 4) is 0 Å². The lowest BCUT2D eigenvalue weighted by molar-refractivity contribution is -0.156. The van der Waals surface area contributed by atoms with E-state index in [9.17, 15) is 4.79 Å². The third-order valence-corrected chi connectivity index (χ3v) is 2.39. The van der Waals surface area contributed by atoms with Gasteiger partial charge in [0.15, 0.2) is 5.82 Å². The van der Waals surface area contributed by atoms with E-state index < -0.39 is 5.60 Å². The van der Waals surface area contributed by atoms with E-state index >= 15 is 0 Å². The highest BCUT2D eigenvalue weighted by atomic mass is 16.6. The van der Waals surface area contributed by atoms with Crippen molar-refractivity contribution in [2.24, 2.45) is 7.05 Å². The molecule has 0 amide bonds. The molecule has 0 saturated carbocycles. The Morgan fingerprint density at radius 2 is 2.12 bits per heavy atom. The number of hydrogen-bond donors (Lipinski definition) is 0. The predicted molar refractivity (Wildman–Crippen MR) is 66.9 cm³/mol. The molecule has 0 radical (unpaired) electrons. The molecule has 5 nitrogen and oxygen atoms in total. The molecule has 17 heavy (non-hydrogen) atoms. The van der Waals surface area contributed by atoms with Crippen molar-refractivity contribution in [1.29, 1.82) is 0 Å². The van der Waals surface area contributed by atoms with E-state index in [4.69, 9.17) is 4.74 Å². The van der Waals surface area contributed by atoms with Crippen LogP contribution in [0.15, 0.2) is 12.3 Å². The van der Waals surface area contributed by atoms with Crippen LogP contribution in [0.3, 0.4) is 0 Å². The zero-order chi connectivity index (χ0) is 13.2. The van der Waals surface area contributed by atoms with Crippen LogP contribution in [0.2, 0.25) is 0 Å². The van der Waals surface area contributed by atoms with Gasteiger partial charge >= 0.3 is 5.97 Å². The van der Waals surface area contributed by atoms with Gasteiger partial charge in [0.25, 0.3) is 0 Å². The van der Waals surface area contributed by atoms with Gasteiger partial charge in [-0.05, 0) is 27.7 Å². The van der Waals surface area contributed by atoms with Crippen LogP contribution in [0.1, 0.15) is 27.7 Å². The van der Waals surface area contributed by atoms with Gasteiger partial charge in [0.05, 0.1) is 0 Å². The van der Waals surface area contributed by atoms with Crippen molar-refractivity contribution in [1.82, 2.24) is 9.78 Å². The molecule has 96 valence electrons. The van der Waals surface area contributed by atoms with Crippen LogP contribution in [-0.2, 0) is 16.6 Å². The maximum atomic E-state index is 11.9. The lowest BCUT2D eigenvalue weighted by Crippen LogP contribution is -2.40. The quantitative estimate of drug-likeness (QED) is 0.751. The molecule has 5 heteroatoms. The molecule has 0 aliphatic heterocycles. The summed E-state index contributed by atoms with van der Waals surface area (Å²) in [7, 11) is 3.67. The molecule has 0 saturated heterocycles. The van der Waals surface area contributed by atoms with Crippen molar-refractivity contribution in [2.45, 2.75) is 39.3 Å². The molecule has 1 rings (SSSR count). The number of esters is 1. The summed E-state index contributed by atoms with van der Waals surface area (Å²) in [5.74, 6) is 0.511. The summed E-state index contributed by atoms with van der Waals surface area (Å²) in [6.45, 7) is 7.39. The largest absolute Gasteiger partial charge is 0.458 e. The van der Waals surface area contributed by atoms with Gasteiger partial charge in [0, 0.05) is 26.4 Å². The maximum Gasteiger partial charge on any atom is 0.329 e. The van der Waals surface area contributed by atoms with Crippen molar-refractivity contribution in [3.63, 3.8) is 0 Å². The average Bonchev–Trinajstić information content (AvgIpc) is 2.60. The summed E-state index contributed by atoms with van der Waals surface area (Å²) >= 11 is 0. The van der Waals surface area contributed by atoms with E-state index in [1.165, 1.54) is 0 Å². The molecule has 0 aliphatic rings. The van der Waals surface area contributed by atoms with E-state index in [2.05, 4.69) is 5.10 Å². The molecule has 0 fully saturated rings. The topological polar surface area (TPSA) is 47.4 Å². The number of nitrogens with zero attached hydrogens (tertiary/aromatic N) is 3. The van der Waals surface area contributed by atoms with Crippen LogP contribution < -0.4 is 4.90 Å². The predicted octanol–water partition coefficient (Wildman–Crippen LogP) is 1.59. The molecule has 1 unspecified atom stereocenters. The number of carbonyl (C=O) groups is 1. The first-order valence-electron chi connectivity index (χ1n) is 5.66. The highest BCUT2D eigenvalue weighted by Crippen LogP contribution is 2.15. The minimum Gasteiger partial charge on any atom is -0.458 e. The lowest BCUT2D eigenvalue weighted by atomic mass is 10.2. The van der Waals surface area contributed by atoms with Crippen LogP contribution in [0, 0.1) is 0 Å². The SMILES string of the molecule is CC(C(=O)OC(C)(C)C)N(C)c1ccn(C)n1. The number of anilines is 1. The van der Waals surface area contributed by atoms with E-state index in [1.54, 1.807) is 9.58 Å². The third kappa shape index (κ3) is 3.76. The van der Waals surface area contributed by atoms with Crippen molar-refractivity contribution in [3.05, 3.63) is 12.3 Å². The summed E-state index contributed by atoms with van der Waals surface area (Å²) in [5.41, 5.74) is -0.462. The van der Waals surface area contributed by atoms with E-state index in [0.717, 1.165) is 5.82 Å². The standard InChI is InChI=1S/C12H21N3O2/c1-9(11(16)17-12(2,3)4)15(6)10-7-8-14(5)13-10/h7-9H,1-6H3. The van der Waals surface area contributed by atoms with Crippen molar-refractivity contribution in [2.75, 3.05) is 11.9 Å². The Morgan fingerprint density at radius 1 is 1.53 bits per heavy atom. The summed E-state index contributed by atoms with van der Waals surface area (Å²) in [6, 6.07) is 1.50. The Morgan fingerprint density at radius 3 is 2.53 bits per heavy atom. The monoisotopic (exact) mass is 239 g/mol. The van der Waals surface area contributed by atoms with E-state index in [0.29, 0.717) is 0 Å². The fraction of sp³-hybridized carbons (Fsp3) is 0.667. The van der Waals surface area contributed by atoms with Crippen LogP contribution in [-0.4, -0.2) is 34.4 Å². The molecule has 0 aromatic carbocycles. The summed E-state index contributed by atoms with van der Waals surface area (Å²) in [5, 5.41) is 4.25. The highest BCUT2D eigenvalue weighted by Gasteiger charge is 2.25. The fourth-order valence-electron chi connectivity index (χ4n) is 1.33. The van der Waals surface area contributed by atoms with Crippen LogP contribution >= 0.6 is 0 Å². The van der Waals surface area contributed by atoms with Crippen LogP contribution in [0.4, 0.5) is 5.82 Å². The Labute approximate surface area is 102 Å². The van der Waals surface area contributed by atoms with Gasteiger partial charge < -0.3 is 9.64 Å². The summed E-state index contributed by atoms with van der Waals surface area (Å²) in [4.78, 5) is 13.7. The average molecular weight is 239 g/mol. The third-order valence-electron chi connectivity index (χ3n) is 2.39. The van der Waals surface area contributed by atoms with Crippen LogP contribution in [0.25, 0.3) is 0 Å². The molecular weight excluding hydrogens is 218 g/mol. The zero-order valence-corrected chi connectivity index (χ0v) is 11.4. The van der Waals surface area contributed by atoms with Crippen molar-refractivity contribution < 1.29 is 9.53 Å². The molecule has 1 aromatic rings. The van der Waals surface area contributed by atoms with Crippen LogP contribution in [0.5, 0.6) is 0 Å². The Kier molecular flexibility index (Phi) is 3.80. The molecule has 1 atom stereocenters. The number of carbonyl (C=O) groups excluding carboxylic acids is 1. The second-order valence-corrected chi connectivity index (χ2v) is 5.17. The first kappa shape index (κ1) is 13.5. The zero-order valence-electron chi connectivity index (χ0n) is 11.4. The number of aromatic nitrogens is 2. The Bertz CT molecular complexity index is 393. The summed E-state index contributed by atoms with van der Waals surface area (Å²) < 4.78 is 7.04. The molecule has 0 aliphatic carbocycles. The van der Waals surface area contributed by atoms with Gasteiger partial charge in [-0.15, -0.1) is 0 Å². The Hall–Kier alpha value is -1.52. The smallest absolute Gasteiger partial charge is 0.329 e. The number of hydrogen-bond acceptors (Lipinski definition) is 4. The molecule has 0 spiro atoms. The van der Waals surface area contributed by atoms with Crippen molar-refractivity contribution >= 4 is 11.8 Å². The second kappa shape index (κ2) is 4.77. The second-order valence-electron chi connectivity index (χ2n) is 5.17. The molecular formula is C12H21N3O2. The molecule has 0 bridgehead atoms. The number of ether oxygens (including phenoxy) is 1. The van der Waals surface area contributed by atoms with Gasteiger partial charge in [-0.1, -0.05) is 0 Å². The maximum absolute atomic E-state index is 11.9. The highest BCUT2D eigenvalue weighted by molar-refractivity contribution is 5.79. The molecule has 0 N–H and O–H groups in total. The number of aryl methyl sites for hydroxylation is 1. The fourth-order valence-corrected chi connectivity index (χ4v) is 1.33. The molecule has 1 aromatic heterocycles. The summed E-state index contributed by atoms with van der Waals surface area (Å²) in [6.07, 6.45) is 1.84. The lowest BCUT2D eigenvalue weighted by Gasteiger charge is -2.27. The number of rotatable bonds is 3. The molecule has 1 heterocycles.